The number of benzene rings is 2. The molecule has 2 aromatic rings. The van der Waals surface area contributed by atoms with E-state index >= 15 is 0 Å². The maximum Gasteiger partial charge on any atom is 0.240 e. The Morgan fingerprint density at radius 1 is 1.10 bits per heavy atom. The molecule has 0 radical (unpaired) electrons. The van der Waals surface area contributed by atoms with Gasteiger partial charge in [0, 0.05) is 6.07 Å². The number of hydrogen-bond acceptors (Lipinski definition) is 6. The number of sulfonamides is 1. The van der Waals surface area contributed by atoms with E-state index in [2.05, 4.69) is 12.2 Å². The van der Waals surface area contributed by atoms with Gasteiger partial charge in [-0.3, -0.25) is 9.10 Å². The number of amides is 1. The van der Waals surface area contributed by atoms with Crippen LogP contribution in [0.4, 0.5) is 5.69 Å². The number of carbonyl (C=O) groups is 1. The zero-order valence-electron chi connectivity index (χ0n) is 17.8. The van der Waals surface area contributed by atoms with Gasteiger partial charge < -0.3 is 19.5 Å². The number of carbonyl (C=O) groups excluding carboxylic acids is 1. The predicted octanol–water partition coefficient (Wildman–Crippen LogP) is 2.72. The van der Waals surface area contributed by atoms with E-state index in [4.69, 9.17) is 14.2 Å². The maximum absolute atomic E-state index is 12.6. The van der Waals surface area contributed by atoms with Crippen LogP contribution in [0.2, 0.25) is 0 Å². The van der Waals surface area contributed by atoms with Gasteiger partial charge in [-0.1, -0.05) is 25.5 Å². The molecule has 1 heterocycles. The summed E-state index contributed by atoms with van der Waals surface area (Å²) in [5, 5.41) is 2.71. The summed E-state index contributed by atoms with van der Waals surface area (Å²) in [6.07, 6.45) is 2.11. The summed E-state index contributed by atoms with van der Waals surface area (Å²) in [5.74, 6) is 1.17. The standard InChI is InChI=1S/C22H28N2O6S/c1-3-5-17-6-9-19(10-7-17)28-13-12-23-22(25)15-24(31(26,27)4-2)18-8-11-20-21(14-18)30-16-29-20/h6-11,14H,3-5,12-13,15-16H2,1-2H3,(H,23,25). The molecule has 0 aliphatic carbocycles. The number of hydrogen-bond donors (Lipinski definition) is 1. The lowest BCUT2D eigenvalue weighted by Crippen LogP contribution is -2.42. The second-order valence-corrected chi connectivity index (χ2v) is 9.22. The highest BCUT2D eigenvalue weighted by molar-refractivity contribution is 7.92. The summed E-state index contributed by atoms with van der Waals surface area (Å²) in [5.41, 5.74) is 1.61. The molecule has 2 aromatic carbocycles. The Bertz CT molecular complexity index is 992. The van der Waals surface area contributed by atoms with Crippen molar-refractivity contribution in [2.24, 2.45) is 0 Å². The molecule has 1 amide bonds. The third kappa shape index (κ3) is 6.04. The van der Waals surface area contributed by atoms with Crippen LogP contribution >= 0.6 is 0 Å². The van der Waals surface area contributed by atoms with E-state index in [1.807, 2.05) is 24.3 Å². The van der Waals surface area contributed by atoms with Gasteiger partial charge in [0.1, 0.15) is 18.9 Å². The van der Waals surface area contributed by atoms with Crippen LogP contribution in [-0.4, -0.2) is 46.6 Å². The smallest absolute Gasteiger partial charge is 0.240 e. The van der Waals surface area contributed by atoms with Crippen LogP contribution in [-0.2, 0) is 21.2 Å². The molecule has 0 aromatic heterocycles. The van der Waals surface area contributed by atoms with Crippen molar-refractivity contribution in [1.29, 1.82) is 0 Å². The van der Waals surface area contributed by atoms with E-state index in [-0.39, 0.29) is 32.2 Å². The van der Waals surface area contributed by atoms with Crippen molar-refractivity contribution in [1.82, 2.24) is 5.32 Å². The van der Waals surface area contributed by atoms with Crippen molar-refractivity contribution < 1.29 is 27.4 Å². The average molecular weight is 449 g/mol. The SMILES string of the molecule is CCCc1ccc(OCCNC(=O)CN(c2ccc3c(c2)OCO3)S(=O)(=O)CC)cc1. The van der Waals surface area contributed by atoms with Crippen molar-refractivity contribution in [3.63, 3.8) is 0 Å². The van der Waals surface area contributed by atoms with Crippen molar-refractivity contribution in [2.75, 3.05) is 36.5 Å². The van der Waals surface area contributed by atoms with Crippen LogP contribution < -0.4 is 23.8 Å². The molecule has 0 fully saturated rings. The molecule has 0 bridgehead atoms. The number of rotatable bonds is 11. The van der Waals surface area contributed by atoms with Gasteiger partial charge in [-0.15, -0.1) is 0 Å². The van der Waals surface area contributed by atoms with Crippen LogP contribution in [0.25, 0.3) is 0 Å². The number of aryl methyl sites for hydroxylation is 1. The molecule has 3 rings (SSSR count). The third-order valence-electron chi connectivity index (χ3n) is 4.79. The molecule has 8 nitrogen and oxygen atoms in total. The average Bonchev–Trinajstić information content (AvgIpc) is 3.24. The summed E-state index contributed by atoms with van der Waals surface area (Å²) in [6.45, 7) is 3.96. The molecule has 1 aliphatic rings. The van der Waals surface area contributed by atoms with E-state index in [1.165, 1.54) is 12.5 Å². The number of nitrogens with one attached hydrogen (secondary N) is 1. The third-order valence-corrected chi connectivity index (χ3v) is 6.53. The van der Waals surface area contributed by atoms with E-state index in [0.717, 1.165) is 22.9 Å². The number of nitrogens with zero attached hydrogens (tertiary/aromatic N) is 1. The summed E-state index contributed by atoms with van der Waals surface area (Å²) >= 11 is 0. The van der Waals surface area contributed by atoms with E-state index < -0.39 is 15.9 Å². The van der Waals surface area contributed by atoms with Crippen molar-refractivity contribution in [3.05, 3.63) is 48.0 Å². The first-order chi connectivity index (χ1) is 14.9. The van der Waals surface area contributed by atoms with Gasteiger partial charge in [0.2, 0.25) is 22.7 Å². The number of ether oxygens (including phenoxy) is 3. The fraction of sp³-hybridized carbons (Fsp3) is 0.409. The summed E-state index contributed by atoms with van der Waals surface area (Å²) in [6, 6.07) is 12.7. The first-order valence-corrected chi connectivity index (χ1v) is 11.9. The Morgan fingerprint density at radius 3 is 2.55 bits per heavy atom. The molecule has 9 heteroatoms. The molecule has 0 atom stereocenters. The van der Waals surface area contributed by atoms with Crippen LogP contribution in [0.3, 0.4) is 0 Å². The van der Waals surface area contributed by atoms with Crippen molar-refractivity contribution >= 4 is 21.6 Å². The molecule has 0 spiro atoms. The Hall–Kier alpha value is -2.94. The second-order valence-electron chi connectivity index (χ2n) is 7.04. The fourth-order valence-electron chi connectivity index (χ4n) is 3.13. The normalized spacial score (nSPS) is 12.5. The highest BCUT2D eigenvalue weighted by Crippen LogP contribution is 2.36. The topological polar surface area (TPSA) is 94.2 Å². The van der Waals surface area contributed by atoms with Gasteiger partial charge in [-0.2, -0.15) is 0 Å². The molecule has 31 heavy (non-hydrogen) atoms. The molecule has 1 aliphatic heterocycles. The fourth-order valence-corrected chi connectivity index (χ4v) is 4.19. The Labute approximate surface area is 183 Å². The highest BCUT2D eigenvalue weighted by Gasteiger charge is 2.25. The minimum Gasteiger partial charge on any atom is -0.492 e. The Kier molecular flexibility index (Phi) is 7.62. The van der Waals surface area contributed by atoms with E-state index in [1.54, 1.807) is 18.2 Å². The first kappa shape index (κ1) is 22.7. The summed E-state index contributed by atoms with van der Waals surface area (Å²) in [4.78, 5) is 12.4. The zero-order chi connectivity index (χ0) is 22.3. The molecule has 0 unspecified atom stereocenters. The molecule has 1 N–H and O–H groups in total. The van der Waals surface area contributed by atoms with Gasteiger partial charge in [0.25, 0.3) is 0 Å². The van der Waals surface area contributed by atoms with Crippen LogP contribution in [0.5, 0.6) is 17.2 Å². The van der Waals surface area contributed by atoms with Gasteiger partial charge in [0.15, 0.2) is 11.5 Å². The predicted molar refractivity (Wildman–Crippen MR) is 118 cm³/mol. The maximum atomic E-state index is 12.6. The Morgan fingerprint density at radius 2 is 1.84 bits per heavy atom. The zero-order valence-corrected chi connectivity index (χ0v) is 18.6. The first-order valence-electron chi connectivity index (χ1n) is 10.3. The Balaban J connectivity index is 1.54. The van der Waals surface area contributed by atoms with Crippen LogP contribution in [0, 0.1) is 0 Å². The summed E-state index contributed by atoms with van der Waals surface area (Å²) < 4.78 is 42.5. The van der Waals surface area contributed by atoms with Crippen molar-refractivity contribution in [2.45, 2.75) is 26.7 Å². The summed E-state index contributed by atoms with van der Waals surface area (Å²) in [7, 11) is -3.66. The van der Waals surface area contributed by atoms with Crippen LogP contribution in [0.15, 0.2) is 42.5 Å². The molecule has 0 saturated carbocycles. The largest absolute Gasteiger partial charge is 0.492 e. The molecule has 168 valence electrons. The number of fused-ring (bicyclic) bond motifs is 1. The van der Waals surface area contributed by atoms with Gasteiger partial charge in [-0.05, 0) is 43.2 Å². The van der Waals surface area contributed by atoms with Crippen LogP contribution in [0.1, 0.15) is 25.8 Å². The minimum absolute atomic E-state index is 0.0845. The number of anilines is 1. The minimum atomic E-state index is -3.66. The van der Waals surface area contributed by atoms with Crippen molar-refractivity contribution in [3.8, 4) is 17.2 Å². The monoisotopic (exact) mass is 448 g/mol. The van der Waals surface area contributed by atoms with E-state index in [9.17, 15) is 13.2 Å². The highest BCUT2D eigenvalue weighted by atomic mass is 32.2. The second kappa shape index (κ2) is 10.4. The van der Waals surface area contributed by atoms with Gasteiger partial charge >= 0.3 is 0 Å². The molecule has 0 saturated heterocycles. The van der Waals surface area contributed by atoms with E-state index in [0.29, 0.717) is 17.2 Å². The molecular weight excluding hydrogens is 420 g/mol. The van der Waals surface area contributed by atoms with Gasteiger partial charge in [0.05, 0.1) is 18.0 Å². The van der Waals surface area contributed by atoms with Gasteiger partial charge in [-0.25, -0.2) is 8.42 Å². The molecular formula is C22H28N2O6S. The lowest BCUT2D eigenvalue weighted by atomic mass is 10.1. The lowest BCUT2D eigenvalue weighted by Gasteiger charge is -2.23. The lowest BCUT2D eigenvalue weighted by molar-refractivity contribution is -0.119. The quantitative estimate of drug-likeness (QED) is 0.531.